The van der Waals surface area contributed by atoms with Gasteiger partial charge in [0.25, 0.3) is 0 Å². The van der Waals surface area contributed by atoms with Gasteiger partial charge in [-0.1, -0.05) is 36.4 Å². The zero-order valence-electron chi connectivity index (χ0n) is 10.7. The number of anilines is 1. The van der Waals surface area contributed by atoms with E-state index in [0.717, 1.165) is 16.8 Å². The number of benzene rings is 2. The lowest BCUT2D eigenvalue weighted by molar-refractivity contribution is 1.02. The minimum atomic E-state index is 1.07. The molecule has 19 heavy (non-hydrogen) atoms. The van der Waals surface area contributed by atoms with Gasteiger partial charge >= 0.3 is 0 Å². The lowest BCUT2D eigenvalue weighted by atomic mass is 10.2. The third-order valence-electron chi connectivity index (χ3n) is 3.12. The Bertz CT molecular complexity index is 698. The normalized spacial score (nSPS) is 11.2. The van der Waals surface area contributed by atoms with Gasteiger partial charge in [-0.2, -0.15) is 5.10 Å². The van der Waals surface area contributed by atoms with E-state index in [1.54, 1.807) is 0 Å². The molecule has 0 aliphatic carbocycles. The first-order chi connectivity index (χ1) is 9.34. The fourth-order valence-electron chi connectivity index (χ4n) is 2.06. The van der Waals surface area contributed by atoms with Crippen molar-refractivity contribution in [1.29, 1.82) is 0 Å². The highest BCUT2D eigenvalue weighted by Crippen LogP contribution is 2.16. The molecule has 0 bridgehead atoms. The smallest absolute Gasteiger partial charge is 0.0590 e. The number of fused-ring (bicyclic) bond motifs is 1. The molecule has 0 saturated carbocycles. The first-order valence-corrected chi connectivity index (χ1v) is 6.23. The van der Waals surface area contributed by atoms with Crippen LogP contribution in [0, 0.1) is 0 Å². The molecule has 3 rings (SSSR count). The summed E-state index contributed by atoms with van der Waals surface area (Å²) in [7, 11) is 1.95. The van der Waals surface area contributed by atoms with Crippen LogP contribution in [0.5, 0.6) is 0 Å². The van der Waals surface area contributed by atoms with E-state index >= 15 is 0 Å². The number of rotatable bonds is 3. The Labute approximate surface area is 112 Å². The predicted molar refractivity (Wildman–Crippen MR) is 80.7 cm³/mol. The van der Waals surface area contributed by atoms with E-state index in [0.29, 0.717) is 0 Å². The average molecular weight is 249 g/mol. The van der Waals surface area contributed by atoms with Crippen LogP contribution in [-0.4, -0.2) is 18.2 Å². The second kappa shape index (κ2) is 4.98. The maximum atomic E-state index is 4.48. The Morgan fingerprint density at radius 3 is 2.58 bits per heavy atom. The van der Waals surface area contributed by atoms with E-state index in [-0.39, 0.29) is 0 Å². The predicted octanol–water partition coefficient (Wildman–Crippen LogP) is 3.64. The van der Waals surface area contributed by atoms with Crippen molar-refractivity contribution in [1.82, 2.24) is 4.98 Å². The zero-order valence-corrected chi connectivity index (χ0v) is 10.7. The molecular weight excluding hydrogens is 234 g/mol. The van der Waals surface area contributed by atoms with Crippen LogP contribution in [0.1, 0.15) is 5.56 Å². The van der Waals surface area contributed by atoms with Crippen LogP contribution >= 0.6 is 0 Å². The van der Waals surface area contributed by atoms with E-state index in [1.165, 1.54) is 5.39 Å². The minimum Gasteiger partial charge on any atom is -0.361 e. The second-order valence-electron chi connectivity index (χ2n) is 4.39. The van der Waals surface area contributed by atoms with E-state index in [9.17, 15) is 0 Å². The van der Waals surface area contributed by atoms with Crippen LogP contribution in [-0.2, 0) is 0 Å². The SMILES string of the molecule is CN(/N=C/c1c[nH]c2ccccc12)c1ccccc1. The largest absolute Gasteiger partial charge is 0.361 e. The number of hydrogen-bond acceptors (Lipinski definition) is 2. The standard InChI is InChI=1S/C16H15N3/c1-19(14-7-3-2-4-8-14)18-12-13-11-17-16-10-6-5-9-15(13)16/h2-12,17H,1H3/b18-12+. The summed E-state index contributed by atoms with van der Waals surface area (Å²) < 4.78 is 0. The summed E-state index contributed by atoms with van der Waals surface area (Å²) in [5.41, 5.74) is 3.29. The van der Waals surface area contributed by atoms with Crippen LogP contribution in [0.2, 0.25) is 0 Å². The number of hydrazone groups is 1. The fourth-order valence-corrected chi connectivity index (χ4v) is 2.06. The van der Waals surface area contributed by atoms with Gasteiger partial charge in [0.2, 0.25) is 0 Å². The summed E-state index contributed by atoms with van der Waals surface area (Å²) in [5, 5.41) is 7.53. The summed E-state index contributed by atoms with van der Waals surface area (Å²) in [6.45, 7) is 0. The van der Waals surface area contributed by atoms with Crippen molar-refractivity contribution in [3.05, 3.63) is 66.4 Å². The highest BCUT2D eigenvalue weighted by Gasteiger charge is 2.00. The molecule has 94 valence electrons. The number of aromatic amines is 1. The Morgan fingerprint density at radius 1 is 1.00 bits per heavy atom. The molecule has 0 aliphatic heterocycles. The van der Waals surface area contributed by atoms with E-state index in [1.807, 2.05) is 66.9 Å². The van der Waals surface area contributed by atoms with Crippen molar-refractivity contribution >= 4 is 22.8 Å². The molecule has 0 radical (unpaired) electrons. The lowest BCUT2D eigenvalue weighted by Gasteiger charge is -2.11. The van der Waals surface area contributed by atoms with Crippen molar-refractivity contribution < 1.29 is 0 Å². The molecule has 3 heteroatoms. The zero-order chi connectivity index (χ0) is 13.1. The van der Waals surface area contributed by atoms with Crippen LogP contribution in [0.15, 0.2) is 65.9 Å². The van der Waals surface area contributed by atoms with Gasteiger partial charge in [-0.05, 0) is 18.2 Å². The van der Waals surface area contributed by atoms with Gasteiger partial charge in [-0.25, -0.2) is 0 Å². The molecular formula is C16H15N3. The van der Waals surface area contributed by atoms with Crippen LogP contribution in [0.4, 0.5) is 5.69 Å². The molecule has 0 spiro atoms. The highest BCUT2D eigenvalue weighted by molar-refractivity contribution is 5.99. The Balaban J connectivity index is 1.87. The maximum absolute atomic E-state index is 4.48. The van der Waals surface area contributed by atoms with Gasteiger partial charge in [0, 0.05) is 29.7 Å². The number of nitrogens with zero attached hydrogens (tertiary/aromatic N) is 2. The van der Waals surface area contributed by atoms with Gasteiger partial charge in [0.05, 0.1) is 11.9 Å². The average Bonchev–Trinajstić information content (AvgIpc) is 2.89. The molecule has 0 atom stereocenters. The van der Waals surface area contributed by atoms with Gasteiger partial charge < -0.3 is 4.98 Å². The number of para-hydroxylation sites is 2. The summed E-state index contributed by atoms with van der Waals surface area (Å²) in [5.74, 6) is 0. The third-order valence-corrected chi connectivity index (χ3v) is 3.12. The molecule has 2 aromatic carbocycles. The molecule has 3 nitrogen and oxygen atoms in total. The second-order valence-corrected chi connectivity index (χ2v) is 4.39. The summed E-state index contributed by atoms with van der Waals surface area (Å²) in [6.07, 6.45) is 3.86. The third kappa shape index (κ3) is 2.36. The number of H-pyrrole nitrogens is 1. The van der Waals surface area contributed by atoms with Crippen molar-refractivity contribution in [3.63, 3.8) is 0 Å². The van der Waals surface area contributed by atoms with Crippen molar-refractivity contribution in [2.45, 2.75) is 0 Å². The van der Waals surface area contributed by atoms with Gasteiger partial charge in [-0.3, -0.25) is 5.01 Å². The molecule has 1 N–H and O–H groups in total. The van der Waals surface area contributed by atoms with E-state index < -0.39 is 0 Å². The molecule has 3 aromatic rings. The number of hydrogen-bond donors (Lipinski definition) is 1. The summed E-state index contributed by atoms with van der Waals surface area (Å²) in [6, 6.07) is 18.3. The number of nitrogens with one attached hydrogen (secondary N) is 1. The topological polar surface area (TPSA) is 31.4 Å². The Hall–Kier alpha value is -2.55. The van der Waals surface area contributed by atoms with Crippen LogP contribution in [0.25, 0.3) is 10.9 Å². The van der Waals surface area contributed by atoms with Gasteiger partial charge in [-0.15, -0.1) is 0 Å². The molecule has 0 fully saturated rings. The summed E-state index contributed by atoms with van der Waals surface area (Å²) >= 11 is 0. The maximum Gasteiger partial charge on any atom is 0.0590 e. The minimum absolute atomic E-state index is 1.07. The van der Waals surface area contributed by atoms with E-state index in [2.05, 4.69) is 22.2 Å². The molecule has 0 aliphatic rings. The molecule has 1 aromatic heterocycles. The molecule has 1 heterocycles. The lowest BCUT2D eigenvalue weighted by Crippen LogP contribution is -2.08. The van der Waals surface area contributed by atoms with E-state index in [4.69, 9.17) is 0 Å². The monoisotopic (exact) mass is 249 g/mol. The molecule has 0 unspecified atom stereocenters. The highest BCUT2D eigenvalue weighted by atomic mass is 15.4. The molecule has 0 saturated heterocycles. The van der Waals surface area contributed by atoms with Crippen LogP contribution < -0.4 is 5.01 Å². The number of aromatic nitrogens is 1. The summed E-state index contributed by atoms with van der Waals surface area (Å²) in [4.78, 5) is 3.24. The quantitative estimate of drug-likeness (QED) is 0.557. The Kier molecular flexibility index (Phi) is 3.02. The fraction of sp³-hybridized carbons (Fsp3) is 0.0625. The van der Waals surface area contributed by atoms with Crippen LogP contribution in [0.3, 0.4) is 0 Å². The first kappa shape index (κ1) is 11.5. The van der Waals surface area contributed by atoms with Crippen molar-refractivity contribution in [2.75, 3.05) is 12.1 Å². The Morgan fingerprint density at radius 2 is 1.74 bits per heavy atom. The van der Waals surface area contributed by atoms with Gasteiger partial charge in [0.15, 0.2) is 0 Å². The van der Waals surface area contributed by atoms with Crippen molar-refractivity contribution in [2.24, 2.45) is 5.10 Å². The van der Waals surface area contributed by atoms with Gasteiger partial charge in [0.1, 0.15) is 0 Å². The van der Waals surface area contributed by atoms with Crippen molar-refractivity contribution in [3.8, 4) is 0 Å². The first-order valence-electron chi connectivity index (χ1n) is 6.23. The molecule has 0 amide bonds.